The first-order valence-electron chi connectivity index (χ1n) is 5.43. The summed E-state index contributed by atoms with van der Waals surface area (Å²) in [5.74, 6) is -1.07. The number of fused-ring (bicyclic) bond motifs is 1. The number of carbonyl (C=O) groups is 2. The Morgan fingerprint density at radius 1 is 1.56 bits per heavy atom. The van der Waals surface area contributed by atoms with E-state index in [1.165, 1.54) is 13.0 Å². The molecule has 6 heteroatoms. The molecule has 2 rings (SSSR count). The van der Waals surface area contributed by atoms with Gasteiger partial charge in [-0.15, -0.1) is 0 Å². The predicted molar refractivity (Wildman–Crippen MR) is 66.5 cm³/mol. The number of ether oxygens (including phenoxy) is 1. The van der Waals surface area contributed by atoms with Gasteiger partial charge in [0.2, 0.25) is 5.91 Å². The summed E-state index contributed by atoms with van der Waals surface area (Å²) >= 11 is 6.02. The third-order valence-corrected chi connectivity index (χ3v) is 2.97. The smallest absolute Gasteiger partial charge is 0.339 e. The molecule has 0 saturated heterocycles. The summed E-state index contributed by atoms with van der Waals surface area (Å²) < 4.78 is 5.49. The number of hydrogen-bond donors (Lipinski definition) is 2. The van der Waals surface area contributed by atoms with E-state index < -0.39 is 5.97 Å². The second-order valence-corrected chi connectivity index (χ2v) is 4.61. The summed E-state index contributed by atoms with van der Waals surface area (Å²) in [7, 11) is 0. The first-order valence-corrected chi connectivity index (χ1v) is 5.81. The van der Waals surface area contributed by atoms with Gasteiger partial charge in [-0.3, -0.25) is 4.79 Å². The first kappa shape index (κ1) is 12.7. The van der Waals surface area contributed by atoms with Crippen LogP contribution < -0.4 is 10.1 Å². The Morgan fingerprint density at radius 3 is 2.78 bits per heavy atom. The lowest BCUT2D eigenvalue weighted by Crippen LogP contribution is -2.10. The van der Waals surface area contributed by atoms with E-state index in [0.29, 0.717) is 23.4 Å². The molecule has 1 heterocycles. The Hall–Kier alpha value is -1.75. The molecule has 1 aliphatic heterocycles. The average molecular weight is 270 g/mol. The van der Waals surface area contributed by atoms with Crippen LogP contribution in [0.2, 0.25) is 5.02 Å². The number of amides is 1. The monoisotopic (exact) mass is 269 g/mol. The van der Waals surface area contributed by atoms with Crippen LogP contribution in [0.1, 0.15) is 29.8 Å². The fraction of sp³-hybridized carbons (Fsp3) is 0.333. The highest BCUT2D eigenvalue weighted by Crippen LogP contribution is 2.42. The van der Waals surface area contributed by atoms with Gasteiger partial charge in [-0.1, -0.05) is 11.6 Å². The zero-order chi connectivity index (χ0) is 13.4. The van der Waals surface area contributed by atoms with Gasteiger partial charge >= 0.3 is 5.97 Å². The third-order valence-electron chi connectivity index (χ3n) is 2.67. The summed E-state index contributed by atoms with van der Waals surface area (Å²) in [6.45, 7) is 3.20. The van der Waals surface area contributed by atoms with Gasteiger partial charge in [0.05, 0.1) is 10.7 Å². The molecule has 1 aliphatic rings. The van der Waals surface area contributed by atoms with Crippen LogP contribution in [-0.4, -0.2) is 23.1 Å². The van der Waals surface area contributed by atoms with Crippen molar-refractivity contribution in [3.05, 3.63) is 22.2 Å². The van der Waals surface area contributed by atoms with Gasteiger partial charge in [0.15, 0.2) is 0 Å². The number of hydrogen-bond acceptors (Lipinski definition) is 3. The number of halogens is 1. The van der Waals surface area contributed by atoms with Gasteiger partial charge < -0.3 is 15.2 Å². The topological polar surface area (TPSA) is 75.6 Å². The van der Waals surface area contributed by atoms with Crippen molar-refractivity contribution >= 4 is 29.2 Å². The van der Waals surface area contributed by atoms with Gasteiger partial charge in [-0.2, -0.15) is 0 Å². The van der Waals surface area contributed by atoms with Crippen molar-refractivity contribution in [3.8, 4) is 5.75 Å². The van der Waals surface area contributed by atoms with E-state index in [-0.39, 0.29) is 22.6 Å². The molecule has 0 bridgehead atoms. The molecule has 0 fully saturated rings. The van der Waals surface area contributed by atoms with E-state index in [2.05, 4.69) is 5.32 Å². The van der Waals surface area contributed by atoms with Crippen LogP contribution >= 0.6 is 11.6 Å². The van der Waals surface area contributed by atoms with E-state index in [9.17, 15) is 9.59 Å². The average Bonchev–Trinajstić information content (AvgIpc) is 2.62. The number of carbonyl (C=O) groups excluding carboxylic acids is 1. The highest BCUT2D eigenvalue weighted by molar-refractivity contribution is 6.34. The van der Waals surface area contributed by atoms with Gasteiger partial charge in [-0.25, -0.2) is 4.79 Å². The number of nitrogens with one attached hydrogen (secondary N) is 1. The Kier molecular flexibility index (Phi) is 3.17. The summed E-state index contributed by atoms with van der Waals surface area (Å²) in [5.41, 5.74) is 1.10. The fourth-order valence-corrected chi connectivity index (χ4v) is 2.28. The number of carboxylic acid groups (broad SMARTS) is 1. The zero-order valence-corrected chi connectivity index (χ0v) is 10.7. The highest BCUT2D eigenvalue weighted by atomic mass is 35.5. The molecule has 2 N–H and O–H groups in total. The Bertz CT molecular complexity index is 541. The van der Waals surface area contributed by atoms with Gasteiger partial charge in [0, 0.05) is 18.9 Å². The first-order chi connectivity index (χ1) is 8.40. The lowest BCUT2D eigenvalue weighted by Gasteiger charge is -2.12. The van der Waals surface area contributed by atoms with Crippen molar-refractivity contribution in [1.82, 2.24) is 0 Å². The van der Waals surface area contributed by atoms with E-state index in [0.717, 1.165) is 0 Å². The number of aromatic carboxylic acids is 1. The second kappa shape index (κ2) is 4.49. The van der Waals surface area contributed by atoms with Gasteiger partial charge in [-0.05, 0) is 13.0 Å². The van der Waals surface area contributed by atoms with Crippen molar-refractivity contribution in [1.29, 1.82) is 0 Å². The van der Waals surface area contributed by atoms with E-state index in [4.69, 9.17) is 21.4 Å². The second-order valence-electron chi connectivity index (χ2n) is 4.21. The minimum atomic E-state index is -1.10. The fourth-order valence-electron chi connectivity index (χ4n) is 2.01. The van der Waals surface area contributed by atoms with Crippen LogP contribution in [0.5, 0.6) is 5.75 Å². The molecule has 1 unspecified atom stereocenters. The minimum absolute atomic E-state index is 0.0217. The Morgan fingerprint density at radius 2 is 2.22 bits per heavy atom. The number of carboxylic acids is 1. The quantitative estimate of drug-likeness (QED) is 0.864. The number of anilines is 1. The Labute approximate surface area is 109 Å². The van der Waals surface area contributed by atoms with Crippen LogP contribution in [-0.2, 0) is 11.2 Å². The molecule has 18 heavy (non-hydrogen) atoms. The van der Waals surface area contributed by atoms with E-state index >= 15 is 0 Å². The molecule has 1 aromatic rings. The SMILES string of the molecule is CC(=O)Nc1c(Cl)cc(C(=O)O)c2c1CC(C)O2. The van der Waals surface area contributed by atoms with Crippen LogP contribution in [0, 0.1) is 0 Å². The lowest BCUT2D eigenvalue weighted by atomic mass is 10.0. The highest BCUT2D eigenvalue weighted by Gasteiger charge is 2.30. The molecule has 0 spiro atoms. The molecule has 5 nitrogen and oxygen atoms in total. The molecule has 0 aliphatic carbocycles. The molecule has 0 aromatic heterocycles. The standard InChI is InChI=1S/C12H12ClNO4/c1-5-3-7-10(14-6(2)15)9(13)4-8(12(16)17)11(7)18-5/h4-5H,3H2,1-2H3,(H,14,15)(H,16,17). The maximum atomic E-state index is 11.1. The molecular formula is C12H12ClNO4. The van der Waals surface area contributed by atoms with Crippen molar-refractivity contribution in [2.45, 2.75) is 26.4 Å². The van der Waals surface area contributed by atoms with Crippen LogP contribution in [0.3, 0.4) is 0 Å². The summed E-state index contributed by atoms with van der Waals surface area (Å²) in [5, 5.41) is 11.9. The summed E-state index contributed by atoms with van der Waals surface area (Å²) in [4.78, 5) is 22.3. The molecular weight excluding hydrogens is 258 g/mol. The maximum absolute atomic E-state index is 11.1. The molecule has 0 radical (unpaired) electrons. The predicted octanol–water partition coefficient (Wildman–Crippen LogP) is 2.32. The molecule has 1 amide bonds. The normalized spacial score (nSPS) is 16.9. The minimum Gasteiger partial charge on any atom is -0.489 e. The summed E-state index contributed by atoms with van der Waals surface area (Å²) in [6.07, 6.45) is 0.385. The largest absolute Gasteiger partial charge is 0.489 e. The number of benzene rings is 1. The molecule has 1 atom stereocenters. The van der Waals surface area contributed by atoms with Crippen molar-refractivity contribution < 1.29 is 19.4 Å². The third kappa shape index (κ3) is 2.13. The number of rotatable bonds is 2. The van der Waals surface area contributed by atoms with Crippen LogP contribution in [0.4, 0.5) is 5.69 Å². The summed E-state index contributed by atoms with van der Waals surface area (Å²) in [6, 6.07) is 1.30. The van der Waals surface area contributed by atoms with Crippen LogP contribution in [0.15, 0.2) is 6.07 Å². The van der Waals surface area contributed by atoms with Crippen LogP contribution in [0.25, 0.3) is 0 Å². The van der Waals surface area contributed by atoms with Crippen molar-refractivity contribution in [2.75, 3.05) is 5.32 Å². The van der Waals surface area contributed by atoms with E-state index in [1.807, 2.05) is 6.92 Å². The van der Waals surface area contributed by atoms with E-state index in [1.54, 1.807) is 0 Å². The maximum Gasteiger partial charge on any atom is 0.339 e. The van der Waals surface area contributed by atoms with Gasteiger partial charge in [0.1, 0.15) is 17.4 Å². The van der Waals surface area contributed by atoms with Gasteiger partial charge in [0.25, 0.3) is 0 Å². The Balaban J connectivity index is 2.61. The molecule has 1 aromatic carbocycles. The lowest BCUT2D eigenvalue weighted by molar-refractivity contribution is -0.114. The molecule has 0 saturated carbocycles. The van der Waals surface area contributed by atoms with Crippen molar-refractivity contribution in [2.24, 2.45) is 0 Å². The van der Waals surface area contributed by atoms with Crippen molar-refractivity contribution in [3.63, 3.8) is 0 Å². The zero-order valence-electron chi connectivity index (χ0n) is 9.91. The molecule has 96 valence electrons.